The van der Waals surface area contributed by atoms with Gasteiger partial charge in [0.25, 0.3) is 0 Å². The molecule has 0 aliphatic heterocycles. The monoisotopic (exact) mass is 365 g/mol. The molecular weight excluding hydrogens is 346 g/mol. The van der Waals surface area contributed by atoms with Crippen molar-refractivity contribution in [2.45, 2.75) is 26.9 Å². The highest BCUT2D eigenvalue weighted by Gasteiger charge is 2.23. The zero-order chi connectivity index (χ0) is 18.8. The van der Waals surface area contributed by atoms with Crippen molar-refractivity contribution in [2.75, 3.05) is 11.0 Å². The number of carbonyl (C=O) groups is 2. The molecule has 2 rings (SSSR count). The summed E-state index contributed by atoms with van der Waals surface area (Å²) in [5.41, 5.74) is 0.928. The number of aryl methyl sites for hydroxylation is 2. The summed E-state index contributed by atoms with van der Waals surface area (Å²) >= 11 is 0. The number of furan rings is 1. The molecule has 0 fully saturated rings. The van der Waals surface area contributed by atoms with Crippen molar-refractivity contribution in [2.24, 2.45) is 0 Å². The number of anilines is 1. The van der Waals surface area contributed by atoms with Gasteiger partial charge in [0.05, 0.1) is 6.26 Å². The van der Waals surface area contributed by atoms with Crippen LogP contribution in [0.25, 0.3) is 0 Å². The van der Waals surface area contributed by atoms with Gasteiger partial charge in [0, 0.05) is 11.3 Å². The number of ether oxygens (including phenoxy) is 1. The summed E-state index contributed by atoms with van der Waals surface area (Å²) in [5, 5.41) is 0. The molecule has 1 aromatic heterocycles. The molecule has 0 radical (unpaired) electrons. The van der Waals surface area contributed by atoms with E-state index >= 15 is 0 Å². The van der Waals surface area contributed by atoms with Crippen molar-refractivity contribution < 1.29 is 27.2 Å². The maximum atomic E-state index is 12.4. The van der Waals surface area contributed by atoms with Gasteiger partial charge < -0.3 is 9.15 Å². The molecule has 7 nitrogen and oxygen atoms in total. The van der Waals surface area contributed by atoms with Crippen LogP contribution in [0.15, 0.2) is 34.7 Å². The Hall–Kier alpha value is -2.61. The topological polar surface area (TPSA) is 103 Å². The van der Waals surface area contributed by atoms with Gasteiger partial charge in [-0.25, -0.2) is 13.2 Å². The quantitative estimate of drug-likeness (QED) is 0.624. The van der Waals surface area contributed by atoms with Crippen LogP contribution in [0, 0.1) is 13.8 Å². The summed E-state index contributed by atoms with van der Waals surface area (Å²) in [5.74, 6) is -0.0153. The first kappa shape index (κ1) is 18.7. The van der Waals surface area contributed by atoms with Gasteiger partial charge in [-0.1, -0.05) is 0 Å². The van der Waals surface area contributed by atoms with Gasteiger partial charge in [-0.2, -0.15) is 0 Å². The molecule has 25 heavy (non-hydrogen) atoms. The second kappa shape index (κ2) is 7.10. The fraction of sp³-hybridized carbons (Fsp3) is 0.294. The lowest BCUT2D eigenvalue weighted by Crippen LogP contribution is -2.24. The molecule has 0 amide bonds. The van der Waals surface area contributed by atoms with E-state index in [9.17, 15) is 18.0 Å². The minimum absolute atomic E-state index is 0.282. The highest BCUT2D eigenvalue weighted by molar-refractivity contribution is 7.92. The van der Waals surface area contributed by atoms with E-state index in [1.807, 2.05) is 0 Å². The Morgan fingerprint density at radius 3 is 2.24 bits per heavy atom. The maximum absolute atomic E-state index is 12.4. The summed E-state index contributed by atoms with van der Waals surface area (Å²) < 4.78 is 35.1. The van der Waals surface area contributed by atoms with Crippen LogP contribution in [0.4, 0.5) is 5.69 Å². The molecular formula is C17H19NO6S. The largest absolute Gasteiger partial charge is 0.466 e. The van der Waals surface area contributed by atoms with Crippen LogP contribution in [0.2, 0.25) is 0 Å². The molecule has 1 heterocycles. The number of benzene rings is 1. The number of ketones is 1. The fourth-order valence-electron chi connectivity index (χ4n) is 2.26. The molecule has 0 saturated carbocycles. The molecule has 0 bridgehead atoms. The first-order valence-corrected chi connectivity index (χ1v) is 9.36. The zero-order valence-electron chi connectivity index (χ0n) is 14.3. The highest BCUT2D eigenvalue weighted by Crippen LogP contribution is 2.17. The lowest BCUT2D eigenvalue weighted by Gasteiger charge is -2.12. The van der Waals surface area contributed by atoms with Crippen molar-refractivity contribution in [3.05, 3.63) is 53.0 Å². The molecule has 1 atom stereocenters. The maximum Gasteiger partial charge on any atom is 0.342 e. The molecule has 2 aromatic rings. The SMILES string of the molecule is Cc1cc(C(=O)O[C@H](C)C(=O)c2ccc(NS(C)(=O)=O)cc2)c(C)o1. The van der Waals surface area contributed by atoms with Crippen LogP contribution >= 0.6 is 0 Å². The molecule has 0 unspecified atom stereocenters. The Kier molecular flexibility index (Phi) is 5.32. The standard InChI is InChI=1S/C17H19NO6S/c1-10-9-15(11(2)23-10)17(20)24-12(3)16(19)13-5-7-14(8-6-13)18-25(4,21)22/h5-9,12,18H,1-4H3/t12-/m1/s1. The normalized spacial score (nSPS) is 12.5. The predicted octanol–water partition coefficient (Wildman–Crippen LogP) is 2.70. The first-order valence-electron chi connectivity index (χ1n) is 7.47. The third kappa shape index (κ3) is 4.93. The third-order valence-corrected chi connectivity index (χ3v) is 3.99. The summed E-state index contributed by atoms with van der Waals surface area (Å²) in [7, 11) is -3.39. The van der Waals surface area contributed by atoms with Gasteiger partial charge in [0.15, 0.2) is 6.10 Å². The predicted molar refractivity (Wildman–Crippen MR) is 92.3 cm³/mol. The smallest absolute Gasteiger partial charge is 0.342 e. The van der Waals surface area contributed by atoms with Crippen molar-refractivity contribution in [1.82, 2.24) is 0 Å². The molecule has 1 N–H and O–H groups in total. The van der Waals surface area contributed by atoms with Crippen LogP contribution in [-0.2, 0) is 14.8 Å². The van der Waals surface area contributed by atoms with Gasteiger partial charge in [0.1, 0.15) is 17.1 Å². The summed E-state index contributed by atoms with van der Waals surface area (Å²) in [6.45, 7) is 4.83. The van der Waals surface area contributed by atoms with Crippen LogP contribution in [0.5, 0.6) is 0 Å². The minimum atomic E-state index is -3.39. The Morgan fingerprint density at radius 2 is 1.76 bits per heavy atom. The minimum Gasteiger partial charge on any atom is -0.466 e. The average Bonchev–Trinajstić information content (AvgIpc) is 2.84. The number of rotatable bonds is 6. The molecule has 0 aliphatic rings. The van der Waals surface area contributed by atoms with E-state index in [2.05, 4.69) is 4.72 Å². The van der Waals surface area contributed by atoms with Crippen LogP contribution < -0.4 is 4.72 Å². The van der Waals surface area contributed by atoms with Gasteiger partial charge >= 0.3 is 5.97 Å². The number of esters is 1. The van der Waals surface area contributed by atoms with Crippen molar-refractivity contribution in [3.8, 4) is 0 Å². The molecule has 1 aromatic carbocycles. The molecule has 0 saturated heterocycles. The Bertz CT molecular complexity index is 896. The van der Waals surface area contributed by atoms with E-state index < -0.39 is 27.9 Å². The van der Waals surface area contributed by atoms with Gasteiger partial charge in [-0.3, -0.25) is 9.52 Å². The third-order valence-electron chi connectivity index (χ3n) is 3.39. The van der Waals surface area contributed by atoms with Gasteiger partial charge in [-0.15, -0.1) is 0 Å². The Balaban J connectivity index is 2.06. The summed E-state index contributed by atoms with van der Waals surface area (Å²) in [6.07, 6.45) is 0.0449. The van der Waals surface area contributed by atoms with E-state index in [4.69, 9.17) is 9.15 Å². The van der Waals surface area contributed by atoms with E-state index in [0.29, 0.717) is 22.8 Å². The summed E-state index contributed by atoms with van der Waals surface area (Å²) in [6, 6.07) is 7.42. The molecule has 8 heteroatoms. The number of hydrogen-bond donors (Lipinski definition) is 1. The molecule has 0 spiro atoms. The second-order valence-electron chi connectivity index (χ2n) is 5.69. The van der Waals surface area contributed by atoms with Crippen molar-refractivity contribution in [3.63, 3.8) is 0 Å². The zero-order valence-corrected chi connectivity index (χ0v) is 15.1. The number of nitrogens with one attached hydrogen (secondary N) is 1. The van der Waals surface area contributed by atoms with E-state index in [-0.39, 0.29) is 5.56 Å². The lowest BCUT2D eigenvalue weighted by atomic mass is 10.1. The number of Topliss-reactive ketones (excluding diaryl/α,β-unsaturated/α-hetero) is 1. The first-order chi connectivity index (χ1) is 11.6. The van der Waals surface area contributed by atoms with Crippen LogP contribution in [0.3, 0.4) is 0 Å². The van der Waals surface area contributed by atoms with Gasteiger partial charge in [-0.05, 0) is 51.1 Å². The number of hydrogen-bond acceptors (Lipinski definition) is 6. The Labute approximate surface area is 146 Å². The number of sulfonamides is 1. The van der Waals surface area contributed by atoms with E-state index in [0.717, 1.165) is 6.26 Å². The van der Waals surface area contributed by atoms with E-state index in [1.165, 1.54) is 31.2 Å². The van der Waals surface area contributed by atoms with Gasteiger partial charge in [0.2, 0.25) is 15.8 Å². The van der Waals surface area contributed by atoms with E-state index in [1.54, 1.807) is 19.9 Å². The van der Waals surface area contributed by atoms with Crippen molar-refractivity contribution in [1.29, 1.82) is 0 Å². The molecule has 134 valence electrons. The fourth-order valence-corrected chi connectivity index (χ4v) is 2.83. The summed E-state index contributed by atoms with van der Waals surface area (Å²) in [4.78, 5) is 24.5. The number of carbonyl (C=O) groups excluding carboxylic acids is 2. The highest BCUT2D eigenvalue weighted by atomic mass is 32.2. The van der Waals surface area contributed by atoms with Crippen LogP contribution in [0.1, 0.15) is 39.2 Å². The average molecular weight is 365 g/mol. The lowest BCUT2D eigenvalue weighted by molar-refractivity contribution is 0.0317. The Morgan fingerprint density at radius 1 is 1.16 bits per heavy atom. The van der Waals surface area contributed by atoms with Crippen LogP contribution in [-0.4, -0.2) is 32.5 Å². The van der Waals surface area contributed by atoms with Crippen molar-refractivity contribution >= 4 is 27.5 Å². The second-order valence-corrected chi connectivity index (χ2v) is 7.44. The molecule has 0 aliphatic carbocycles.